The van der Waals surface area contributed by atoms with Crippen LogP contribution in [0.4, 0.5) is 0 Å². The van der Waals surface area contributed by atoms with Crippen LogP contribution < -0.4 is 5.73 Å². The summed E-state index contributed by atoms with van der Waals surface area (Å²) >= 11 is 6.13. The summed E-state index contributed by atoms with van der Waals surface area (Å²) in [5.41, 5.74) is 6.93. The molecule has 1 aliphatic heterocycles. The molecule has 0 bridgehead atoms. The Kier molecular flexibility index (Phi) is 3.03. The average Bonchev–Trinajstić information content (AvgIpc) is 2.56. The molecule has 0 aliphatic carbocycles. The third-order valence-corrected chi connectivity index (χ3v) is 3.44. The predicted octanol–water partition coefficient (Wildman–Crippen LogP) is 2.18. The van der Waals surface area contributed by atoms with E-state index in [-0.39, 0.29) is 0 Å². The van der Waals surface area contributed by atoms with E-state index in [4.69, 9.17) is 17.3 Å². The van der Waals surface area contributed by atoms with Crippen molar-refractivity contribution >= 4 is 11.6 Å². The Bertz CT molecular complexity index is 357. The van der Waals surface area contributed by atoms with Gasteiger partial charge in [0, 0.05) is 12.5 Å². The fourth-order valence-electron chi connectivity index (χ4n) is 2.24. The van der Waals surface area contributed by atoms with Gasteiger partial charge in [-0.2, -0.15) is 0 Å². The lowest BCUT2D eigenvalue weighted by atomic mass is 9.98. The largest absolute Gasteiger partial charge is 0.330 e. The van der Waals surface area contributed by atoms with Gasteiger partial charge in [-0.3, -0.25) is 0 Å². The van der Waals surface area contributed by atoms with Crippen LogP contribution in [0.5, 0.6) is 0 Å². The predicted molar refractivity (Wildman–Crippen MR) is 62.2 cm³/mol. The van der Waals surface area contributed by atoms with Gasteiger partial charge in [-0.15, -0.1) is 0 Å². The number of halogens is 1. The van der Waals surface area contributed by atoms with Crippen LogP contribution >= 0.6 is 11.6 Å². The molecule has 0 saturated carbocycles. The quantitative estimate of drug-likeness (QED) is 0.842. The third kappa shape index (κ3) is 1.91. The fourth-order valence-corrected chi connectivity index (χ4v) is 2.52. The smallest absolute Gasteiger partial charge is 0.150 e. The van der Waals surface area contributed by atoms with Crippen molar-refractivity contribution in [3.8, 4) is 0 Å². The van der Waals surface area contributed by atoms with E-state index in [1.54, 1.807) is 0 Å². The van der Waals surface area contributed by atoms with Crippen LogP contribution in [0.25, 0.3) is 0 Å². The molecule has 2 heterocycles. The topological polar surface area (TPSA) is 43.8 Å². The number of fused-ring (bicyclic) bond motifs is 1. The van der Waals surface area contributed by atoms with Gasteiger partial charge in [-0.1, -0.05) is 25.4 Å². The first-order chi connectivity index (χ1) is 7.13. The molecule has 1 aromatic rings. The van der Waals surface area contributed by atoms with Gasteiger partial charge in [0.1, 0.15) is 5.82 Å². The molecule has 0 spiro atoms. The Morgan fingerprint density at radius 3 is 2.93 bits per heavy atom. The van der Waals surface area contributed by atoms with E-state index in [1.165, 1.54) is 5.69 Å². The van der Waals surface area contributed by atoms with Crippen LogP contribution in [0.2, 0.25) is 5.15 Å². The van der Waals surface area contributed by atoms with Gasteiger partial charge in [-0.25, -0.2) is 4.98 Å². The van der Waals surface area contributed by atoms with E-state index in [0.29, 0.717) is 17.0 Å². The summed E-state index contributed by atoms with van der Waals surface area (Å²) in [6.45, 7) is 6.04. The zero-order valence-corrected chi connectivity index (χ0v) is 10.1. The van der Waals surface area contributed by atoms with Crippen molar-refractivity contribution < 1.29 is 0 Å². The van der Waals surface area contributed by atoms with Crippen molar-refractivity contribution in [2.75, 3.05) is 6.54 Å². The molecule has 4 heteroatoms. The standard InChI is InChI=1S/C11H18ClN3/c1-7(2)11-14-10(12)9-4-3-8(5-13)6-15(9)11/h7-8H,3-6,13H2,1-2H3. The Balaban J connectivity index is 2.37. The van der Waals surface area contributed by atoms with Gasteiger partial charge in [0.05, 0.1) is 5.69 Å². The summed E-state index contributed by atoms with van der Waals surface area (Å²) in [6, 6.07) is 0. The Morgan fingerprint density at radius 1 is 1.60 bits per heavy atom. The van der Waals surface area contributed by atoms with E-state index in [9.17, 15) is 0 Å². The van der Waals surface area contributed by atoms with E-state index < -0.39 is 0 Å². The molecule has 1 aromatic heterocycles. The minimum absolute atomic E-state index is 0.424. The Morgan fingerprint density at radius 2 is 2.33 bits per heavy atom. The van der Waals surface area contributed by atoms with Crippen LogP contribution in [0.1, 0.15) is 37.7 Å². The van der Waals surface area contributed by atoms with Gasteiger partial charge in [0.2, 0.25) is 0 Å². The monoisotopic (exact) mass is 227 g/mol. The summed E-state index contributed by atoms with van der Waals surface area (Å²) in [6.07, 6.45) is 2.15. The highest BCUT2D eigenvalue weighted by molar-refractivity contribution is 6.30. The summed E-state index contributed by atoms with van der Waals surface area (Å²) in [5, 5.41) is 0.689. The molecule has 1 unspecified atom stereocenters. The number of rotatable bonds is 2. The molecule has 0 fully saturated rings. The normalized spacial score (nSPS) is 20.7. The lowest BCUT2D eigenvalue weighted by Gasteiger charge is -2.25. The number of imidazole rings is 1. The van der Waals surface area contributed by atoms with Crippen LogP contribution in [0.3, 0.4) is 0 Å². The van der Waals surface area contributed by atoms with Gasteiger partial charge < -0.3 is 10.3 Å². The second kappa shape index (κ2) is 4.14. The maximum absolute atomic E-state index is 6.13. The number of nitrogens with zero attached hydrogens (tertiary/aromatic N) is 2. The van der Waals surface area contributed by atoms with Crippen molar-refractivity contribution in [3.63, 3.8) is 0 Å². The molecule has 0 amide bonds. The molecule has 84 valence electrons. The van der Waals surface area contributed by atoms with Crippen molar-refractivity contribution in [3.05, 3.63) is 16.7 Å². The number of aromatic nitrogens is 2. The first kappa shape index (κ1) is 11.0. The highest BCUT2D eigenvalue weighted by Gasteiger charge is 2.24. The maximum Gasteiger partial charge on any atom is 0.150 e. The summed E-state index contributed by atoms with van der Waals surface area (Å²) in [7, 11) is 0. The average molecular weight is 228 g/mol. The van der Waals surface area contributed by atoms with Crippen LogP contribution in [0.15, 0.2) is 0 Å². The third-order valence-electron chi connectivity index (χ3n) is 3.13. The minimum atomic E-state index is 0.424. The highest BCUT2D eigenvalue weighted by Crippen LogP contribution is 2.29. The first-order valence-electron chi connectivity index (χ1n) is 5.58. The lowest BCUT2D eigenvalue weighted by Crippen LogP contribution is -2.27. The molecule has 1 aliphatic rings. The van der Waals surface area contributed by atoms with E-state index in [1.807, 2.05) is 0 Å². The molecule has 2 rings (SSSR count). The molecule has 0 radical (unpaired) electrons. The van der Waals surface area contributed by atoms with E-state index >= 15 is 0 Å². The molecule has 3 nitrogen and oxygen atoms in total. The van der Waals surface area contributed by atoms with Crippen molar-refractivity contribution in [2.24, 2.45) is 11.7 Å². The second-order valence-electron chi connectivity index (χ2n) is 4.61. The molecular formula is C11H18ClN3. The van der Waals surface area contributed by atoms with Crippen molar-refractivity contribution in [1.82, 2.24) is 9.55 Å². The fraction of sp³-hybridized carbons (Fsp3) is 0.727. The van der Waals surface area contributed by atoms with Gasteiger partial charge in [0.15, 0.2) is 5.15 Å². The van der Waals surface area contributed by atoms with E-state index in [2.05, 4.69) is 23.4 Å². The van der Waals surface area contributed by atoms with Crippen molar-refractivity contribution in [2.45, 2.75) is 39.2 Å². The molecule has 2 N–H and O–H groups in total. The van der Waals surface area contributed by atoms with Crippen LogP contribution in [0, 0.1) is 5.92 Å². The zero-order valence-electron chi connectivity index (χ0n) is 9.33. The van der Waals surface area contributed by atoms with Crippen molar-refractivity contribution in [1.29, 1.82) is 0 Å². The number of nitrogens with two attached hydrogens (primary N) is 1. The Labute approximate surface area is 95.6 Å². The van der Waals surface area contributed by atoms with Gasteiger partial charge >= 0.3 is 0 Å². The second-order valence-corrected chi connectivity index (χ2v) is 4.97. The molecule has 15 heavy (non-hydrogen) atoms. The SMILES string of the molecule is CC(C)c1nc(Cl)c2n1CC(CN)CC2. The Hall–Kier alpha value is -0.540. The zero-order chi connectivity index (χ0) is 11.0. The molecule has 0 saturated heterocycles. The van der Waals surface area contributed by atoms with Crippen LogP contribution in [-0.2, 0) is 13.0 Å². The number of hydrogen-bond acceptors (Lipinski definition) is 2. The summed E-state index contributed by atoms with van der Waals surface area (Å²) in [5.74, 6) is 2.11. The molecule has 1 atom stereocenters. The van der Waals surface area contributed by atoms with Crippen LogP contribution in [-0.4, -0.2) is 16.1 Å². The minimum Gasteiger partial charge on any atom is -0.330 e. The molecular weight excluding hydrogens is 210 g/mol. The maximum atomic E-state index is 6.13. The highest BCUT2D eigenvalue weighted by atomic mass is 35.5. The lowest BCUT2D eigenvalue weighted by molar-refractivity contribution is 0.368. The first-order valence-corrected chi connectivity index (χ1v) is 5.96. The molecule has 0 aromatic carbocycles. The summed E-state index contributed by atoms with van der Waals surface area (Å²) in [4.78, 5) is 4.45. The summed E-state index contributed by atoms with van der Waals surface area (Å²) < 4.78 is 2.27. The number of hydrogen-bond donors (Lipinski definition) is 1. The van der Waals surface area contributed by atoms with Gasteiger partial charge in [0.25, 0.3) is 0 Å². The van der Waals surface area contributed by atoms with Gasteiger partial charge in [-0.05, 0) is 25.3 Å². The van der Waals surface area contributed by atoms with E-state index in [0.717, 1.165) is 31.8 Å².